The van der Waals surface area contributed by atoms with E-state index >= 15 is 0 Å². The Morgan fingerprint density at radius 1 is 0.635 bits per heavy atom. The molecule has 1 fully saturated rings. The zero-order valence-corrected chi connectivity index (χ0v) is 38.9. The number of hydrogen-bond acceptors (Lipinski definition) is 9. The lowest BCUT2D eigenvalue weighted by Crippen LogP contribution is -2.47. The summed E-state index contributed by atoms with van der Waals surface area (Å²) in [4.78, 5) is 36.9. The van der Waals surface area contributed by atoms with Gasteiger partial charge < -0.3 is 30.4 Å². The van der Waals surface area contributed by atoms with E-state index in [1.807, 2.05) is 0 Å². The number of carbonyl (C=O) groups excluding carboxylic acids is 3. The molecule has 0 aliphatic heterocycles. The van der Waals surface area contributed by atoms with Crippen molar-refractivity contribution >= 4 is 17.9 Å². The van der Waals surface area contributed by atoms with E-state index < -0.39 is 23.3 Å². The molecule has 0 aromatic heterocycles. The second kappa shape index (κ2) is 25.3. The predicted molar refractivity (Wildman–Crippen MR) is 256 cm³/mol. The van der Waals surface area contributed by atoms with Gasteiger partial charge in [-0.25, -0.2) is 14.4 Å². The minimum Gasteiger partial charge on any atom is -0.492 e. The van der Waals surface area contributed by atoms with Crippen molar-refractivity contribution in [2.24, 2.45) is 22.8 Å². The van der Waals surface area contributed by atoms with Gasteiger partial charge in [0.1, 0.15) is 12.4 Å². The van der Waals surface area contributed by atoms with Gasteiger partial charge in [0.2, 0.25) is 0 Å². The van der Waals surface area contributed by atoms with Crippen LogP contribution < -0.4 is 16.2 Å². The van der Waals surface area contributed by atoms with Crippen molar-refractivity contribution in [1.82, 2.24) is 0 Å². The van der Waals surface area contributed by atoms with Crippen molar-refractivity contribution in [3.05, 3.63) is 113 Å². The maximum Gasteiger partial charge on any atom is 0.333 e. The van der Waals surface area contributed by atoms with E-state index in [1.165, 1.54) is 73.6 Å². The number of hydrogen-bond donors (Lipinski definition) is 2. The van der Waals surface area contributed by atoms with Crippen molar-refractivity contribution < 1.29 is 33.3 Å². The fourth-order valence-corrected chi connectivity index (χ4v) is 8.26. The second-order valence-electron chi connectivity index (χ2n) is 17.8. The normalized spacial score (nSPS) is 15.0. The van der Waals surface area contributed by atoms with Gasteiger partial charge in [-0.05, 0) is 147 Å². The van der Waals surface area contributed by atoms with Crippen LogP contribution in [0.15, 0.2) is 91.1 Å². The Kier molecular flexibility index (Phi) is 20.4. The largest absolute Gasteiger partial charge is 0.492 e. The lowest BCUT2D eigenvalue weighted by molar-refractivity contribution is -0.143. The SMILES string of the molecule is C=C(C)C(=O)OCCCc1cc(-c2ccc(-c3ccc(C4CCC(CCCCC)CC4)cc3)cc2CC)cc(CCCOC(=O)C(=C)C)c1OCC(CN)(CN)COC(=O)C(=C)C. The highest BCUT2D eigenvalue weighted by molar-refractivity contribution is 5.87. The fourth-order valence-electron chi connectivity index (χ4n) is 8.26. The Morgan fingerprint density at radius 2 is 1.16 bits per heavy atom. The number of nitrogens with two attached hydrogens (primary N) is 2. The molecule has 9 nitrogen and oxygen atoms in total. The molecule has 0 saturated heterocycles. The van der Waals surface area contributed by atoms with E-state index in [-0.39, 0.29) is 45.1 Å². The number of benzene rings is 3. The van der Waals surface area contributed by atoms with Gasteiger partial charge in [0, 0.05) is 29.8 Å². The van der Waals surface area contributed by atoms with Gasteiger partial charge in [0.25, 0.3) is 0 Å². The van der Waals surface area contributed by atoms with Crippen molar-refractivity contribution in [3.63, 3.8) is 0 Å². The molecule has 342 valence electrons. The average Bonchev–Trinajstić information content (AvgIpc) is 3.29. The first-order valence-electron chi connectivity index (χ1n) is 23.1. The van der Waals surface area contributed by atoms with Crippen LogP contribution in [0, 0.1) is 11.3 Å². The maximum atomic E-state index is 12.4. The van der Waals surface area contributed by atoms with Crippen molar-refractivity contribution in [2.75, 3.05) is 39.5 Å². The van der Waals surface area contributed by atoms with E-state index in [4.69, 9.17) is 30.4 Å². The molecule has 0 heterocycles. The molecule has 0 radical (unpaired) electrons. The minimum absolute atomic E-state index is 0.0444. The minimum atomic E-state index is -0.872. The van der Waals surface area contributed by atoms with E-state index in [1.54, 1.807) is 20.8 Å². The Balaban J connectivity index is 1.69. The molecule has 4 rings (SSSR count). The van der Waals surface area contributed by atoms with Gasteiger partial charge in [-0.1, -0.05) is 102 Å². The van der Waals surface area contributed by atoms with Crippen LogP contribution in [0.2, 0.25) is 0 Å². The van der Waals surface area contributed by atoms with Crippen LogP contribution >= 0.6 is 0 Å². The fraction of sp³-hybridized carbons (Fsp3) is 0.500. The summed E-state index contributed by atoms with van der Waals surface area (Å²) < 4.78 is 23.2. The summed E-state index contributed by atoms with van der Waals surface area (Å²) in [7, 11) is 0. The van der Waals surface area contributed by atoms with Gasteiger partial charge >= 0.3 is 17.9 Å². The molecule has 0 atom stereocenters. The Bertz CT molecular complexity index is 1970. The molecule has 1 aliphatic carbocycles. The molecule has 4 N–H and O–H groups in total. The first kappa shape index (κ1) is 50.7. The monoisotopic (exact) mass is 863 g/mol. The lowest BCUT2D eigenvalue weighted by Gasteiger charge is -2.31. The standard InChI is InChI=1S/C54H74N2O7/c1-9-11-12-15-40-18-20-42(21-19-40)43-22-24-44(25-23-43)45-26-27-49(41(10-2)30-45)48-31-46(16-13-28-60-51(57)37(3)4)50(47(32-48)17-14-29-61-52(58)38(5)6)62-35-54(33-55,34-56)36-63-53(59)39(7)8/h22-27,30-32,40,42H,3,5,7,9-21,28-29,33-36,55-56H2,1-2,4,6,8H3. The van der Waals surface area contributed by atoms with Crippen molar-refractivity contribution in [2.45, 2.75) is 124 Å². The zero-order chi connectivity index (χ0) is 45.9. The maximum absolute atomic E-state index is 12.4. The van der Waals surface area contributed by atoms with Gasteiger partial charge in [-0.2, -0.15) is 0 Å². The van der Waals surface area contributed by atoms with Gasteiger partial charge in [-0.3, -0.25) is 0 Å². The molecule has 0 unspecified atom stereocenters. The number of carbonyl (C=O) groups is 3. The molecule has 3 aromatic rings. The predicted octanol–water partition coefficient (Wildman–Crippen LogP) is 10.9. The summed E-state index contributed by atoms with van der Waals surface area (Å²) >= 11 is 0. The molecule has 1 aliphatic rings. The van der Waals surface area contributed by atoms with Crippen LogP contribution in [0.1, 0.15) is 127 Å². The highest BCUT2D eigenvalue weighted by Gasteiger charge is 2.32. The second-order valence-corrected chi connectivity index (χ2v) is 17.8. The van der Waals surface area contributed by atoms with Gasteiger partial charge in [-0.15, -0.1) is 0 Å². The smallest absolute Gasteiger partial charge is 0.333 e. The van der Waals surface area contributed by atoms with E-state index in [9.17, 15) is 14.4 Å². The van der Waals surface area contributed by atoms with E-state index in [0.717, 1.165) is 34.6 Å². The van der Waals surface area contributed by atoms with Crippen LogP contribution in [-0.4, -0.2) is 57.4 Å². The number of aryl methyl sites for hydroxylation is 3. The Labute approximate surface area is 377 Å². The Hall–Kier alpha value is -4.99. The zero-order valence-electron chi connectivity index (χ0n) is 38.9. The summed E-state index contributed by atoms with van der Waals surface area (Å²) in [6.45, 7) is 21.0. The molecule has 63 heavy (non-hydrogen) atoms. The summed E-state index contributed by atoms with van der Waals surface area (Å²) in [6, 6.07) is 20.2. The lowest BCUT2D eigenvalue weighted by atomic mass is 9.77. The molecule has 1 saturated carbocycles. The van der Waals surface area contributed by atoms with E-state index in [0.29, 0.717) is 48.5 Å². The first-order valence-corrected chi connectivity index (χ1v) is 23.1. The molecule has 3 aromatic carbocycles. The first-order chi connectivity index (χ1) is 30.2. The molecule has 0 spiro atoms. The molecular weight excluding hydrogens is 789 g/mol. The molecule has 0 bridgehead atoms. The number of unbranched alkanes of at least 4 members (excludes halogenated alkanes) is 2. The molecule has 0 amide bonds. The van der Waals surface area contributed by atoms with Crippen LogP contribution in [0.5, 0.6) is 5.75 Å². The van der Waals surface area contributed by atoms with Crippen LogP contribution in [0.3, 0.4) is 0 Å². The molecular formula is C54H74N2O7. The summed E-state index contributed by atoms with van der Waals surface area (Å²) in [5.41, 5.74) is 21.6. The van der Waals surface area contributed by atoms with Crippen LogP contribution in [0.25, 0.3) is 22.3 Å². The average molecular weight is 863 g/mol. The van der Waals surface area contributed by atoms with E-state index in [2.05, 4.69) is 88.2 Å². The van der Waals surface area contributed by atoms with Gasteiger partial charge in [0.15, 0.2) is 0 Å². The summed E-state index contributed by atoms with van der Waals surface area (Å²) in [6.07, 6.45) is 13.6. The molecule has 9 heteroatoms. The number of rotatable bonds is 26. The Morgan fingerprint density at radius 3 is 1.67 bits per heavy atom. The topological polar surface area (TPSA) is 140 Å². The highest BCUT2D eigenvalue weighted by atomic mass is 16.5. The quantitative estimate of drug-likeness (QED) is 0.0349. The third kappa shape index (κ3) is 15.1. The number of esters is 3. The van der Waals surface area contributed by atoms with Crippen molar-refractivity contribution in [3.8, 4) is 28.0 Å². The summed E-state index contributed by atoms with van der Waals surface area (Å²) in [5, 5.41) is 0. The highest BCUT2D eigenvalue weighted by Crippen LogP contribution is 2.40. The third-order valence-electron chi connectivity index (χ3n) is 12.4. The third-order valence-corrected chi connectivity index (χ3v) is 12.4. The van der Waals surface area contributed by atoms with Crippen molar-refractivity contribution in [1.29, 1.82) is 0 Å². The van der Waals surface area contributed by atoms with Crippen LogP contribution in [0.4, 0.5) is 0 Å². The summed E-state index contributed by atoms with van der Waals surface area (Å²) in [5.74, 6) is 0.779. The van der Waals surface area contributed by atoms with Gasteiger partial charge in [0.05, 0.1) is 25.2 Å². The number of ether oxygens (including phenoxy) is 4. The van der Waals surface area contributed by atoms with Crippen LogP contribution in [-0.2, 0) is 47.9 Å².